The van der Waals surface area contributed by atoms with Crippen LogP contribution in [-0.2, 0) is 4.74 Å². The molecule has 10 heteroatoms. The monoisotopic (exact) mass is 368 g/mol. The minimum atomic E-state index is -2.12. The van der Waals surface area contributed by atoms with Crippen LogP contribution in [0.2, 0.25) is 0 Å². The Bertz CT molecular complexity index is 794. The summed E-state index contributed by atoms with van der Waals surface area (Å²) in [6.45, 7) is 4.68. The van der Waals surface area contributed by atoms with Crippen molar-refractivity contribution in [3.8, 4) is 0 Å². The minimum Gasteiger partial charge on any atom is -0.394 e. The molecule has 0 amide bonds. The van der Waals surface area contributed by atoms with Crippen molar-refractivity contribution in [3.63, 3.8) is 0 Å². The first kappa shape index (κ1) is 18.7. The highest BCUT2D eigenvalue weighted by Crippen LogP contribution is 2.42. The summed E-state index contributed by atoms with van der Waals surface area (Å²) in [5.74, 6) is 0.963. The standard InChI is InChI=1S/C16H25FN6O3/c1-8(2)19-15-20-12(22(4)5)10-13(21-15)23(7-18-10)14-16(3,17)11(25)9(6-24)26-14/h7-9,11,14,24-25H,6H2,1-5H3,(H,19,20,21)/t9-,11-,14-,16-/m1/s1. The van der Waals surface area contributed by atoms with Crippen molar-refractivity contribution in [2.24, 2.45) is 0 Å². The third kappa shape index (κ3) is 2.97. The van der Waals surface area contributed by atoms with E-state index in [9.17, 15) is 10.2 Å². The summed E-state index contributed by atoms with van der Waals surface area (Å²) < 4.78 is 22.2. The van der Waals surface area contributed by atoms with Crippen LogP contribution in [0.1, 0.15) is 27.0 Å². The second-order valence-electron chi connectivity index (χ2n) is 7.19. The van der Waals surface area contributed by atoms with E-state index in [-0.39, 0.29) is 6.04 Å². The first-order chi connectivity index (χ1) is 12.2. The molecule has 0 bridgehead atoms. The zero-order valence-corrected chi connectivity index (χ0v) is 15.5. The quantitative estimate of drug-likeness (QED) is 0.707. The Morgan fingerprint density at radius 1 is 1.42 bits per heavy atom. The molecule has 0 aliphatic carbocycles. The van der Waals surface area contributed by atoms with Gasteiger partial charge in [0.25, 0.3) is 0 Å². The van der Waals surface area contributed by atoms with Crippen molar-refractivity contribution in [3.05, 3.63) is 6.33 Å². The summed E-state index contributed by atoms with van der Waals surface area (Å²) >= 11 is 0. The van der Waals surface area contributed by atoms with Gasteiger partial charge in [-0.2, -0.15) is 9.97 Å². The fraction of sp³-hybridized carbons (Fsp3) is 0.688. The molecule has 0 saturated carbocycles. The van der Waals surface area contributed by atoms with Crippen LogP contribution in [0.5, 0.6) is 0 Å². The van der Waals surface area contributed by atoms with Gasteiger partial charge >= 0.3 is 0 Å². The van der Waals surface area contributed by atoms with Crippen LogP contribution in [0.25, 0.3) is 11.2 Å². The number of hydrogen-bond donors (Lipinski definition) is 3. The van der Waals surface area contributed by atoms with E-state index in [2.05, 4.69) is 20.3 Å². The summed E-state index contributed by atoms with van der Waals surface area (Å²) in [7, 11) is 3.66. The Morgan fingerprint density at radius 3 is 2.65 bits per heavy atom. The molecule has 1 saturated heterocycles. The van der Waals surface area contributed by atoms with Crippen molar-refractivity contribution < 1.29 is 19.3 Å². The van der Waals surface area contributed by atoms with Crippen molar-refractivity contribution >= 4 is 22.9 Å². The third-order valence-corrected chi connectivity index (χ3v) is 4.39. The lowest BCUT2D eigenvalue weighted by Gasteiger charge is -2.25. The average molecular weight is 368 g/mol. The van der Waals surface area contributed by atoms with Crippen molar-refractivity contribution in [1.29, 1.82) is 0 Å². The van der Waals surface area contributed by atoms with Crippen LogP contribution in [0.4, 0.5) is 16.2 Å². The molecule has 3 rings (SSSR count). The number of alkyl halides is 1. The van der Waals surface area contributed by atoms with E-state index >= 15 is 4.39 Å². The predicted molar refractivity (Wildman–Crippen MR) is 94.9 cm³/mol. The number of aliphatic hydroxyl groups excluding tert-OH is 2. The van der Waals surface area contributed by atoms with Gasteiger partial charge < -0.3 is 25.2 Å². The molecule has 1 aliphatic heterocycles. The topological polar surface area (TPSA) is 109 Å². The highest BCUT2D eigenvalue weighted by molar-refractivity contribution is 5.84. The number of rotatable bonds is 5. The first-order valence-electron chi connectivity index (χ1n) is 8.48. The van der Waals surface area contributed by atoms with Crippen molar-refractivity contribution in [2.75, 3.05) is 30.9 Å². The Hall–Kier alpha value is -2.04. The molecule has 144 valence electrons. The molecule has 26 heavy (non-hydrogen) atoms. The summed E-state index contributed by atoms with van der Waals surface area (Å²) in [5, 5.41) is 22.6. The molecule has 3 N–H and O–H groups in total. The molecule has 3 heterocycles. The molecule has 0 radical (unpaired) electrons. The lowest BCUT2D eigenvalue weighted by Crippen LogP contribution is -2.40. The molecular formula is C16H25FN6O3. The zero-order chi connectivity index (χ0) is 19.2. The second-order valence-corrected chi connectivity index (χ2v) is 7.19. The van der Waals surface area contributed by atoms with E-state index < -0.39 is 30.7 Å². The average Bonchev–Trinajstić information content (AvgIpc) is 3.05. The van der Waals surface area contributed by atoms with Crippen LogP contribution in [0, 0.1) is 0 Å². The number of imidazole rings is 1. The number of aliphatic hydroxyl groups is 2. The third-order valence-electron chi connectivity index (χ3n) is 4.39. The molecule has 9 nitrogen and oxygen atoms in total. The fourth-order valence-electron chi connectivity index (χ4n) is 3.07. The van der Waals surface area contributed by atoms with Gasteiger partial charge in [-0.3, -0.25) is 4.57 Å². The predicted octanol–water partition coefficient (Wildman–Crippen LogP) is 0.691. The van der Waals surface area contributed by atoms with E-state index in [4.69, 9.17) is 4.74 Å². The molecule has 2 aromatic rings. The lowest BCUT2D eigenvalue weighted by atomic mass is 9.98. The number of fused-ring (bicyclic) bond motifs is 1. The van der Waals surface area contributed by atoms with Crippen molar-refractivity contribution in [1.82, 2.24) is 19.5 Å². The number of aromatic nitrogens is 4. The van der Waals surface area contributed by atoms with Gasteiger partial charge in [0.1, 0.15) is 12.2 Å². The van der Waals surface area contributed by atoms with E-state index in [0.29, 0.717) is 22.9 Å². The number of ether oxygens (including phenoxy) is 1. The zero-order valence-electron chi connectivity index (χ0n) is 15.5. The molecule has 1 fully saturated rings. The van der Waals surface area contributed by atoms with Gasteiger partial charge in [-0.05, 0) is 20.8 Å². The van der Waals surface area contributed by atoms with Gasteiger partial charge in [-0.15, -0.1) is 0 Å². The van der Waals surface area contributed by atoms with Gasteiger partial charge in [-0.1, -0.05) is 0 Å². The number of hydrogen-bond acceptors (Lipinski definition) is 8. The van der Waals surface area contributed by atoms with E-state index in [1.807, 2.05) is 27.9 Å². The summed E-state index contributed by atoms with van der Waals surface area (Å²) in [4.78, 5) is 15.0. The van der Waals surface area contributed by atoms with Crippen LogP contribution < -0.4 is 10.2 Å². The smallest absolute Gasteiger partial charge is 0.226 e. The van der Waals surface area contributed by atoms with Crippen LogP contribution in [0.3, 0.4) is 0 Å². The second kappa shape index (κ2) is 6.60. The number of nitrogens with one attached hydrogen (secondary N) is 1. The lowest BCUT2D eigenvalue weighted by molar-refractivity contribution is -0.0566. The number of halogens is 1. The summed E-state index contributed by atoms with van der Waals surface area (Å²) in [6, 6.07) is 0.105. The van der Waals surface area contributed by atoms with Crippen molar-refractivity contribution in [2.45, 2.75) is 50.9 Å². The van der Waals surface area contributed by atoms with E-state index in [1.165, 1.54) is 17.8 Å². The number of nitrogens with zero attached hydrogens (tertiary/aromatic N) is 5. The Balaban J connectivity index is 2.14. The highest BCUT2D eigenvalue weighted by Gasteiger charge is 2.55. The van der Waals surface area contributed by atoms with Gasteiger partial charge in [0.2, 0.25) is 5.95 Å². The SMILES string of the molecule is CC(C)Nc1nc(N(C)C)c2ncn([C@@H]3O[C@H](CO)[C@@H](O)[C@@]3(C)F)c2n1. The number of anilines is 2. The van der Waals surface area contributed by atoms with Crippen LogP contribution >= 0.6 is 0 Å². The van der Waals surface area contributed by atoms with Gasteiger partial charge in [0.05, 0.1) is 12.9 Å². The van der Waals surface area contributed by atoms with Gasteiger partial charge in [0.15, 0.2) is 28.9 Å². The van der Waals surface area contributed by atoms with E-state index in [1.54, 1.807) is 4.90 Å². The maximum Gasteiger partial charge on any atom is 0.226 e. The maximum absolute atomic E-state index is 15.2. The molecular weight excluding hydrogens is 343 g/mol. The highest BCUT2D eigenvalue weighted by atomic mass is 19.1. The fourth-order valence-corrected chi connectivity index (χ4v) is 3.07. The largest absolute Gasteiger partial charge is 0.394 e. The molecule has 4 atom stereocenters. The Labute approximate surface area is 150 Å². The first-order valence-corrected chi connectivity index (χ1v) is 8.48. The molecule has 0 unspecified atom stereocenters. The molecule has 2 aromatic heterocycles. The van der Waals surface area contributed by atoms with Gasteiger partial charge in [0, 0.05) is 20.1 Å². The van der Waals surface area contributed by atoms with E-state index in [0.717, 1.165) is 0 Å². The van der Waals surface area contributed by atoms with Crippen LogP contribution in [-0.4, -0.2) is 74.4 Å². The molecule has 0 spiro atoms. The minimum absolute atomic E-state index is 0.105. The summed E-state index contributed by atoms with van der Waals surface area (Å²) in [6.07, 6.45) is -2.23. The Morgan fingerprint density at radius 2 is 2.12 bits per heavy atom. The van der Waals surface area contributed by atoms with Gasteiger partial charge in [-0.25, -0.2) is 9.37 Å². The normalized spacial score (nSPS) is 28.9. The summed E-state index contributed by atoms with van der Waals surface area (Å²) in [5.41, 5.74) is -1.24. The molecule has 0 aromatic carbocycles. The van der Waals surface area contributed by atoms with Crippen LogP contribution in [0.15, 0.2) is 6.33 Å². The Kier molecular flexibility index (Phi) is 4.76. The maximum atomic E-state index is 15.2. The molecule has 1 aliphatic rings.